The van der Waals surface area contributed by atoms with Gasteiger partial charge in [-0.3, -0.25) is 9.59 Å². The van der Waals surface area contributed by atoms with Crippen molar-refractivity contribution in [1.82, 2.24) is 19.9 Å². The van der Waals surface area contributed by atoms with Crippen molar-refractivity contribution in [3.05, 3.63) is 34.6 Å². The molecule has 0 radical (unpaired) electrons. The van der Waals surface area contributed by atoms with Gasteiger partial charge in [0.05, 0.1) is 38.6 Å². The van der Waals surface area contributed by atoms with E-state index in [1.807, 2.05) is 17.9 Å². The van der Waals surface area contributed by atoms with Crippen LogP contribution in [-0.4, -0.2) is 59.0 Å². The van der Waals surface area contributed by atoms with Crippen LogP contribution in [0.5, 0.6) is 0 Å². The van der Waals surface area contributed by atoms with E-state index in [9.17, 15) is 9.59 Å². The van der Waals surface area contributed by atoms with E-state index >= 15 is 0 Å². The number of amides is 1. The fraction of sp³-hybridized carbons (Fsp3) is 0.500. The van der Waals surface area contributed by atoms with Gasteiger partial charge >= 0.3 is 0 Å². The molecule has 122 valence electrons. The highest BCUT2D eigenvalue weighted by molar-refractivity contribution is 5.81. The summed E-state index contributed by atoms with van der Waals surface area (Å²) in [7, 11) is 2.12. The molecule has 7 heteroatoms. The van der Waals surface area contributed by atoms with E-state index in [2.05, 4.69) is 17.4 Å². The van der Waals surface area contributed by atoms with Gasteiger partial charge in [-0.1, -0.05) is 24.3 Å². The predicted molar refractivity (Wildman–Crippen MR) is 86.3 cm³/mol. The number of carbonyl (C=O) groups excluding carboxylic acids is 1. The van der Waals surface area contributed by atoms with Gasteiger partial charge in [-0.15, -0.1) is 5.10 Å². The maximum atomic E-state index is 12.8. The molecule has 1 fully saturated rings. The lowest BCUT2D eigenvalue weighted by atomic mass is 10.1. The third-order valence-electron chi connectivity index (χ3n) is 4.49. The van der Waals surface area contributed by atoms with Crippen molar-refractivity contribution in [3.8, 4) is 0 Å². The number of hydrogen-bond acceptors (Lipinski definition) is 4. The lowest BCUT2D eigenvalue weighted by Gasteiger charge is -2.32. The Morgan fingerprint density at radius 3 is 2.70 bits per heavy atom. The number of rotatable bonds is 3. The molecule has 0 spiro atoms. The standard InChI is InChI=1S/C16H21N5O2/c1-3-14(16(23)20-10-8-19(2)9-11-20)21-15(22)12-6-4-5-7-13(12)17-18-21/h4-7,14H,3,8-11H2,1-2H3/p+1/t14-/m1/s1. The van der Waals surface area contributed by atoms with Gasteiger partial charge in [-0.25, -0.2) is 0 Å². The number of piperazine rings is 1. The highest BCUT2D eigenvalue weighted by atomic mass is 16.2. The van der Waals surface area contributed by atoms with E-state index in [1.165, 1.54) is 9.58 Å². The zero-order valence-corrected chi connectivity index (χ0v) is 13.5. The van der Waals surface area contributed by atoms with Crippen molar-refractivity contribution in [2.75, 3.05) is 33.2 Å². The van der Waals surface area contributed by atoms with Crippen LogP contribution in [0.1, 0.15) is 19.4 Å². The Labute approximate surface area is 134 Å². The van der Waals surface area contributed by atoms with E-state index in [0.29, 0.717) is 17.3 Å². The minimum Gasteiger partial charge on any atom is -0.334 e. The molecule has 1 aromatic heterocycles. The second-order valence-corrected chi connectivity index (χ2v) is 6.06. The number of benzene rings is 1. The summed E-state index contributed by atoms with van der Waals surface area (Å²) in [5, 5.41) is 8.60. The second kappa shape index (κ2) is 6.45. The summed E-state index contributed by atoms with van der Waals surface area (Å²) in [4.78, 5) is 28.7. The van der Waals surface area contributed by atoms with E-state index in [0.717, 1.165) is 26.2 Å². The SMILES string of the molecule is CC[C@H](C(=O)N1CC[NH+](C)CC1)n1nnc2ccccc2c1=O. The fourth-order valence-electron chi connectivity index (χ4n) is 2.98. The van der Waals surface area contributed by atoms with Crippen molar-refractivity contribution in [2.24, 2.45) is 0 Å². The summed E-state index contributed by atoms with van der Waals surface area (Å²) < 4.78 is 1.25. The van der Waals surface area contributed by atoms with Crippen LogP contribution in [0.15, 0.2) is 29.1 Å². The minimum absolute atomic E-state index is 0.0355. The zero-order chi connectivity index (χ0) is 16.4. The third-order valence-corrected chi connectivity index (χ3v) is 4.49. The number of hydrogen-bond donors (Lipinski definition) is 1. The maximum absolute atomic E-state index is 12.8. The van der Waals surface area contributed by atoms with E-state index in [4.69, 9.17) is 0 Å². The van der Waals surface area contributed by atoms with E-state index < -0.39 is 6.04 Å². The molecule has 1 aliphatic heterocycles. The van der Waals surface area contributed by atoms with E-state index in [1.54, 1.807) is 18.2 Å². The Kier molecular flexibility index (Phi) is 4.38. The second-order valence-electron chi connectivity index (χ2n) is 6.06. The largest absolute Gasteiger partial charge is 0.334 e. The molecular weight excluding hydrogens is 294 g/mol. The first-order valence-corrected chi connectivity index (χ1v) is 8.06. The molecule has 1 aromatic carbocycles. The molecule has 2 heterocycles. The number of likely N-dealkylation sites (N-methyl/N-ethyl adjacent to an activating group) is 1. The minimum atomic E-state index is -0.585. The molecule has 0 saturated carbocycles. The number of carbonyl (C=O) groups is 1. The van der Waals surface area contributed by atoms with Crippen LogP contribution in [0, 0.1) is 0 Å². The van der Waals surface area contributed by atoms with Gasteiger partial charge in [-0.2, -0.15) is 4.68 Å². The van der Waals surface area contributed by atoms with Crippen LogP contribution < -0.4 is 10.5 Å². The molecule has 1 saturated heterocycles. The first-order chi connectivity index (χ1) is 11.1. The molecule has 0 bridgehead atoms. The van der Waals surface area contributed by atoms with Crippen molar-refractivity contribution in [1.29, 1.82) is 0 Å². The van der Waals surface area contributed by atoms with Gasteiger partial charge in [0.15, 0.2) is 0 Å². The smallest absolute Gasteiger partial charge is 0.278 e. The van der Waals surface area contributed by atoms with Gasteiger partial charge in [0.2, 0.25) is 5.91 Å². The molecule has 2 aromatic rings. The molecule has 7 nitrogen and oxygen atoms in total. The summed E-state index contributed by atoms with van der Waals surface area (Å²) in [5.74, 6) is -0.0355. The Morgan fingerprint density at radius 2 is 2.00 bits per heavy atom. The van der Waals surface area contributed by atoms with Gasteiger partial charge in [-0.05, 0) is 18.6 Å². The Bertz CT molecular complexity index is 764. The van der Waals surface area contributed by atoms with Crippen LogP contribution in [-0.2, 0) is 4.79 Å². The summed E-state index contributed by atoms with van der Waals surface area (Å²) >= 11 is 0. The molecule has 1 atom stereocenters. The topological polar surface area (TPSA) is 72.5 Å². The van der Waals surface area contributed by atoms with Crippen LogP contribution >= 0.6 is 0 Å². The summed E-state index contributed by atoms with van der Waals surface area (Å²) in [5.41, 5.74) is 0.301. The number of nitrogens with one attached hydrogen (secondary N) is 1. The third kappa shape index (κ3) is 2.96. The van der Waals surface area contributed by atoms with Crippen LogP contribution in [0.4, 0.5) is 0 Å². The quantitative estimate of drug-likeness (QED) is 0.796. The molecule has 1 N–H and O–H groups in total. The van der Waals surface area contributed by atoms with Crippen molar-refractivity contribution >= 4 is 16.8 Å². The van der Waals surface area contributed by atoms with Gasteiger partial charge in [0.25, 0.3) is 5.56 Å². The van der Waals surface area contributed by atoms with Gasteiger partial charge in [0, 0.05) is 0 Å². The van der Waals surface area contributed by atoms with Gasteiger partial charge < -0.3 is 9.80 Å². The summed E-state index contributed by atoms with van der Waals surface area (Å²) in [6, 6.07) is 6.50. The van der Waals surface area contributed by atoms with E-state index in [-0.39, 0.29) is 11.5 Å². The molecule has 23 heavy (non-hydrogen) atoms. The summed E-state index contributed by atoms with van der Waals surface area (Å²) in [6.07, 6.45) is 0.519. The average molecular weight is 316 g/mol. The lowest BCUT2D eigenvalue weighted by Crippen LogP contribution is -3.12. The van der Waals surface area contributed by atoms with Crippen LogP contribution in [0.25, 0.3) is 10.9 Å². The number of fused-ring (bicyclic) bond motifs is 1. The first kappa shape index (κ1) is 15.6. The molecular formula is C16H22N5O2+. The Morgan fingerprint density at radius 1 is 1.30 bits per heavy atom. The van der Waals surface area contributed by atoms with Crippen molar-refractivity contribution < 1.29 is 9.69 Å². The number of aromatic nitrogens is 3. The highest BCUT2D eigenvalue weighted by Gasteiger charge is 2.29. The molecule has 0 aliphatic carbocycles. The van der Waals surface area contributed by atoms with Crippen molar-refractivity contribution in [3.63, 3.8) is 0 Å². The summed E-state index contributed by atoms with van der Waals surface area (Å²) in [6.45, 7) is 5.20. The van der Waals surface area contributed by atoms with Crippen molar-refractivity contribution in [2.45, 2.75) is 19.4 Å². The average Bonchev–Trinajstić information content (AvgIpc) is 2.58. The number of nitrogens with zero attached hydrogens (tertiary/aromatic N) is 4. The monoisotopic (exact) mass is 316 g/mol. The maximum Gasteiger partial charge on any atom is 0.278 e. The Balaban J connectivity index is 1.93. The lowest BCUT2D eigenvalue weighted by molar-refractivity contribution is -0.883. The van der Waals surface area contributed by atoms with Gasteiger partial charge in [0.1, 0.15) is 11.6 Å². The first-order valence-electron chi connectivity index (χ1n) is 8.06. The number of quaternary nitrogens is 1. The fourth-order valence-corrected chi connectivity index (χ4v) is 2.98. The Hall–Kier alpha value is -2.28. The molecule has 1 amide bonds. The zero-order valence-electron chi connectivity index (χ0n) is 13.5. The highest BCUT2D eigenvalue weighted by Crippen LogP contribution is 2.13. The molecule has 1 aliphatic rings. The normalized spacial score (nSPS) is 17.4. The predicted octanol–water partition coefficient (Wildman–Crippen LogP) is -0.900. The van der Waals surface area contributed by atoms with Crippen LogP contribution in [0.3, 0.4) is 0 Å². The molecule has 0 unspecified atom stereocenters. The molecule has 3 rings (SSSR count). The van der Waals surface area contributed by atoms with Crippen LogP contribution in [0.2, 0.25) is 0 Å².